The molecule has 2 rings (SSSR count). The van der Waals surface area contributed by atoms with Gasteiger partial charge in [-0.2, -0.15) is 0 Å². The monoisotopic (exact) mass is 438 g/mol. The second-order valence-corrected chi connectivity index (χ2v) is 5.09. The van der Waals surface area contributed by atoms with E-state index in [0.29, 0.717) is 18.6 Å². The van der Waals surface area contributed by atoms with Gasteiger partial charge in [0.15, 0.2) is 0 Å². The predicted molar refractivity (Wildman–Crippen MR) is 100 cm³/mol. The number of fused-ring (bicyclic) bond motifs is 1. The van der Waals surface area contributed by atoms with Crippen molar-refractivity contribution in [2.75, 3.05) is 6.61 Å². The molecule has 1 N–H and O–H groups in total. The number of benzene rings is 2. The molecule has 2 aromatic carbocycles. The zero-order valence-corrected chi connectivity index (χ0v) is 18.5. The summed E-state index contributed by atoms with van der Waals surface area (Å²) in [5.41, 5.74) is 0.359. The number of carboxylic acid groups (broad SMARTS) is 1. The maximum atomic E-state index is 10.8. The van der Waals surface area contributed by atoms with E-state index in [1.54, 1.807) is 12.1 Å². The van der Waals surface area contributed by atoms with Crippen LogP contribution >= 0.6 is 0 Å². The van der Waals surface area contributed by atoms with E-state index in [-0.39, 0.29) is 29.9 Å². The quantitative estimate of drug-likeness (QED) is 0.425. The van der Waals surface area contributed by atoms with Gasteiger partial charge in [0.1, 0.15) is 0 Å². The van der Waals surface area contributed by atoms with E-state index in [1.165, 1.54) is 0 Å². The van der Waals surface area contributed by atoms with Crippen LogP contribution in [0.25, 0.3) is 10.8 Å². The van der Waals surface area contributed by atoms with Gasteiger partial charge < -0.3 is 9.84 Å². The van der Waals surface area contributed by atoms with Crippen LogP contribution in [0.2, 0.25) is 0 Å². The van der Waals surface area contributed by atoms with Gasteiger partial charge in [-0.3, -0.25) is 4.79 Å². The van der Waals surface area contributed by atoms with Crippen LogP contribution in [0.3, 0.4) is 0 Å². The van der Waals surface area contributed by atoms with E-state index >= 15 is 0 Å². The van der Waals surface area contributed by atoms with Crippen molar-refractivity contribution in [2.24, 2.45) is 0 Å². The molecule has 0 amide bonds. The third-order valence-corrected chi connectivity index (χ3v) is 3.31. The van der Waals surface area contributed by atoms with Crippen molar-refractivity contribution in [2.45, 2.75) is 39.5 Å². The average Bonchev–Trinajstić information content (AvgIpc) is 2.55. The van der Waals surface area contributed by atoms with E-state index in [4.69, 9.17) is 9.84 Å². The predicted octanol–water partition coefficient (Wildman–Crippen LogP) is 3.75. The van der Waals surface area contributed by atoms with Crippen molar-refractivity contribution in [1.29, 1.82) is 0 Å². The Labute approximate surface area is 160 Å². The number of carbonyl (C=O) groups is 2. The summed E-state index contributed by atoms with van der Waals surface area (Å²) in [5.74, 6) is -0.937. The van der Waals surface area contributed by atoms with Gasteiger partial charge in [-0.1, -0.05) is 56.2 Å². The Balaban J connectivity index is 0.000000441. The minimum absolute atomic E-state index is 0. The second kappa shape index (κ2) is 12.8. The van der Waals surface area contributed by atoms with Gasteiger partial charge in [-0.05, 0) is 30.2 Å². The maximum absolute atomic E-state index is 10.8. The first-order valence-electron chi connectivity index (χ1n) is 7.96. The fourth-order valence-electron chi connectivity index (χ4n) is 2.16. The normalized spacial score (nSPS) is 9.42. The molecular formula is C19H26O4Sn. The molecule has 5 heteroatoms. The van der Waals surface area contributed by atoms with Crippen LogP contribution in [-0.4, -0.2) is 47.6 Å². The second-order valence-electron chi connectivity index (χ2n) is 5.09. The van der Waals surface area contributed by atoms with Crippen molar-refractivity contribution >= 4 is 46.6 Å². The molecule has 0 spiro atoms. The SMILES string of the molecule is CCCCCC(=O)OCC.O=C(O)c1cccc2ccccc12.[SnH2]. The van der Waals surface area contributed by atoms with Crippen LogP contribution in [0, 0.1) is 0 Å². The molecule has 0 unspecified atom stereocenters. The standard InChI is InChI=1S/C11H8O2.C8H16O2.Sn.2H/c12-11(13)10-7-3-5-8-4-1-2-6-9(8)10;1-3-5-6-7-8(9)10-4-2;;;/h1-7H,(H,12,13);3-7H2,1-2H3;;;. The first kappa shape index (κ1) is 22.4. The van der Waals surface area contributed by atoms with Gasteiger partial charge in [0.25, 0.3) is 0 Å². The number of aromatic carboxylic acids is 1. The molecule has 0 saturated carbocycles. The van der Waals surface area contributed by atoms with E-state index in [0.717, 1.165) is 30.0 Å². The zero-order chi connectivity index (χ0) is 17.1. The summed E-state index contributed by atoms with van der Waals surface area (Å²) in [6, 6.07) is 12.7. The third kappa shape index (κ3) is 7.81. The van der Waals surface area contributed by atoms with Crippen LogP contribution in [-0.2, 0) is 9.53 Å². The number of esters is 1. The number of ether oxygens (including phenoxy) is 1. The summed E-state index contributed by atoms with van der Waals surface area (Å²) in [6.45, 7) is 4.45. The number of carbonyl (C=O) groups excluding carboxylic acids is 1. The fourth-order valence-corrected chi connectivity index (χ4v) is 2.16. The van der Waals surface area contributed by atoms with Gasteiger partial charge in [-0.25, -0.2) is 4.79 Å². The molecule has 0 aliphatic rings. The van der Waals surface area contributed by atoms with Crippen LogP contribution < -0.4 is 0 Å². The summed E-state index contributed by atoms with van der Waals surface area (Å²) >= 11 is 0. The van der Waals surface area contributed by atoms with Crippen molar-refractivity contribution < 1.29 is 19.4 Å². The summed E-state index contributed by atoms with van der Waals surface area (Å²) in [5, 5.41) is 10.6. The van der Waals surface area contributed by atoms with Gasteiger partial charge in [0.05, 0.1) is 12.2 Å². The molecule has 4 nitrogen and oxygen atoms in total. The molecule has 0 saturated heterocycles. The third-order valence-electron chi connectivity index (χ3n) is 3.31. The van der Waals surface area contributed by atoms with E-state index in [1.807, 2.05) is 37.3 Å². The Morgan fingerprint density at radius 3 is 2.29 bits per heavy atom. The molecule has 2 aromatic rings. The van der Waals surface area contributed by atoms with E-state index in [9.17, 15) is 9.59 Å². The molecule has 0 fully saturated rings. The fraction of sp³-hybridized carbons (Fsp3) is 0.368. The van der Waals surface area contributed by atoms with Crippen LogP contribution in [0.4, 0.5) is 0 Å². The van der Waals surface area contributed by atoms with Crippen LogP contribution in [0.1, 0.15) is 49.9 Å². The van der Waals surface area contributed by atoms with Gasteiger partial charge in [0, 0.05) is 6.42 Å². The zero-order valence-electron chi connectivity index (χ0n) is 14.5. The number of hydrogen-bond donors (Lipinski definition) is 1. The molecule has 130 valence electrons. The van der Waals surface area contributed by atoms with Crippen molar-refractivity contribution in [3.05, 3.63) is 48.0 Å². The molecule has 0 bridgehead atoms. The Bertz CT molecular complexity index is 635. The number of hydrogen-bond acceptors (Lipinski definition) is 3. The van der Waals surface area contributed by atoms with Crippen molar-refractivity contribution in [1.82, 2.24) is 0 Å². The molecule has 0 aromatic heterocycles. The van der Waals surface area contributed by atoms with Crippen LogP contribution in [0.15, 0.2) is 42.5 Å². The van der Waals surface area contributed by atoms with E-state index in [2.05, 4.69) is 6.92 Å². The Morgan fingerprint density at radius 1 is 1.00 bits per heavy atom. The van der Waals surface area contributed by atoms with Crippen LogP contribution in [0.5, 0.6) is 0 Å². The molecular weight excluding hydrogens is 411 g/mol. The molecule has 0 aliphatic heterocycles. The molecule has 2 radical (unpaired) electrons. The molecule has 0 aliphatic carbocycles. The summed E-state index contributed by atoms with van der Waals surface area (Å²) in [4.78, 5) is 21.5. The topological polar surface area (TPSA) is 63.6 Å². The average molecular weight is 437 g/mol. The van der Waals surface area contributed by atoms with Crippen molar-refractivity contribution in [3.8, 4) is 0 Å². The Hall–Kier alpha value is -1.56. The molecule has 0 heterocycles. The summed E-state index contributed by atoms with van der Waals surface area (Å²) < 4.78 is 4.75. The molecule has 0 atom stereocenters. The first-order valence-corrected chi connectivity index (χ1v) is 7.96. The van der Waals surface area contributed by atoms with Gasteiger partial charge >= 0.3 is 35.8 Å². The Kier molecular flexibility index (Phi) is 12.0. The Morgan fingerprint density at radius 2 is 1.67 bits per heavy atom. The number of unbranched alkanes of at least 4 members (excludes halogenated alkanes) is 2. The van der Waals surface area contributed by atoms with Gasteiger partial charge in [-0.15, -0.1) is 0 Å². The van der Waals surface area contributed by atoms with E-state index < -0.39 is 5.97 Å². The minimum atomic E-state index is -0.878. The number of rotatable bonds is 6. The van der Waals surface area contributed by atoms with Crippen molar-refractivity contribution in [3.63, 3.8) is 0 Å². The van der Waals surface area contributed by atoms with Gasteiger partial charge in [0.2, 0.25) is 0 Å². The summed E-state index contributed by atoms with van der Waals surface area (Å²) in [7, 11) is 0. The summed E-state index contributed by atoms with van der Waals surface area (Å²) in [6.07, 6.45) is 3.83. The first-order chi connectivity index (χ1) is 11.1. The number of carboxylic acids is 1. The molecule has 24 heavy (non-hydrogen) atoms.